The second-order valence-electron chi connectivity index (χ2n) is 3.48. The lowest BCUT2D eigenvalue weighted by Crippen LogP contribution is -1.96. The normalized spacial score (nSPS) is 10.4. The van der Waals surface area contributed by atoms with Gasteiger partial charge in [-0.2, -0.15) is 4.98 Å². The van der Waals surface area contributed by atoms with Crippen molar-refractivity contribution in [2.24, 2.45) is 0 Å². The van der Waals surface area contributed by atoms with Gasteiger partial charge >= 0.3 is 0 Å². The van der Waals surface area contributed by atoms with E-state index in [2.05, 4.69) is 25.9 Å². The summed E-state index contributed by atoms with van der Waals surface area (Å²) in [6, 6.07) is 5.77. The van der Waals surface area contributed by atoms with E-state index in [0.29, 0.717) is 28.5 Å². The maximum Gasteiger partial charge on any atom is 0.223 e. The highest BCUT2D eigenvalue weighted by Gasteiger charge is 2.06. The molecule has 1 aromatic carbocycles. The molecular formula is C12H9BrClFN2O. The number of rotatable bonds is 3. The van der Waals surface area contributed by atoms with E-state index in [0.717, 1.165) is 0 Å². The van der Waals surface area contributed by atoms with Gasteiger partial charge in [0.15, 0.2) is 0 Å². The Kier molecular flexibility index (Phi) is 4.14. The summed E-state index contributed by atoms with van der Waals surface area (Å²) in [5, 5.41) is 0.0105. The largest absolute Gasteiger partial charge is 0.439 e. The molecule has 3 nitrogen and oxygen atoms in total. The molecule has 0 aliphatic heterocycles. The maximum absolute atomic E-state index is 13.0. The molecule has 0 radical (unpaired) electrons. The molecule has 0 saturated carbocycles. The third-order valence-electron chi connectivity index (χ3n) is 2.15. The molecule has 0 saturated heterocycles. The van der Waals surface area contributed by atoms with Crippen molar-refractivity contribution in [2.45, 2.75) is 13.3 Å². The highest BCUT2D eigenvalue weighted by Crippen LogP contribution is 2.26. The fourth-order valence-corrected chi connectivity index (χ4v) is 1.88. The molecule has 0 bridgehead atoms. The number of aryl methyl sites for hydroxylation is 1. The highest BCUT2D eigenvalue weighted by atomic mass is 79.9. The Bertz CT molecular complexity index is 580. The van der Waals surface area contributed by atoms with E-state index in [1.54, 1.807) is 6.07 Å². The minimum Gasteiger partial charge on any atom is -0.439 e. The van der Waals surface area contributed by atoms with E-state index in [4.69, 9.17) is 16.3 Å². The average Bonchev–Trinajstić information content (AvgIpc) is 2.33. The van der Waals surface area contributed by atoms with Crippen LogP contribution in [-0.2, 0) is 6.42 Å². The van der Waals surface area contributed by atoms with Crippen molar-refractivity contribution in [2.75, 3.05) is 0 Å². The Morgan fingerprint density at radius 3 is 2.78 bits per heavy atom. The molecule has 6 heteroatoms. The van der Waals surface area contributed by atoms with Crippen molar-refractivity contribution in [1.82, 2.24) is 9.97 Å². The summed E-state index contributed by atoms with van der Waals surface area (Å²) in [5.41, 5.74) is 0. The summed E-state index contributed by atoms with van der Waals surface area (Å²) < 4.78 is 19.1. The Morgan fingerprint density at radius 1 is 1.33 bits per heavy atom. The lowest BCUT2D eigenvalue weighted by atomic mass is 10.3. The van der Waals surface area contributed by atoms with Gasteiger partial charge in [-0.15, -0.1) is 0 Å². The molecule has 0 aliphatic carbocycles. The summed E-state index contributed by atoms with van der Waals surface area (Å²) in [6.45, 7) is 1.94. The predicted octanol–water partition coefficient (Wildman–Crippen LogP) is 4.39. The predicted molar refractivity (Wildman–Crippen MR) is 70.6 cm³/mol. The van der Waals surface area contributed by atoms with Crippen molar-refractivity contribution in [3.63, 3.8) is 0 Å². The zero-order chi connectivity index (χ0) is 13.1. The van der Waals surface area contributed by atoms with Crippen LogP contribution in [0, 0.1) is 5.82 Å². The van der Waals surface area contributed by atoms with E-state index < -0.39 is 5.82 Å². The fraction of sp³-hybridized carbons (Fsp3) is 0.167. The Labute approximate surface area is 117 Å². The van der Waals surface area contributed by atoms with Crippen molar-refractivity contribution >= 4 is 27.5 Å². The molecule has 18 heavy (non-hydrogen) atoms. The zero-order valence-electron chi connectivity index (χ0n) is 9.45. The number of ether oxygens (including phenoxy) is 1. The van der Waals surface area contributed by atoms with Gasteiger partial charge in [-0.1, -0.05) is 18.5 Å². The smallest absolute Gasteiger partial charge is 0.223 e. The number of hydrogen-bond donors (Lipinski definition) is 0. The molecule has 0 N–H and O–H groups in total. The lowest BCUT2D eigenvalue weighted by molar-refractivity contribution is 0.456. The molecule has 2 rings (SSSR count). The average molecular weight is 332 g/mol. The molecule has 0 amide bonds. The minimum absolute atomic E-state index is 0.0105. The van der Waals surface area contributed by atoms with Crippen LogP contribution < -0.4 is 4.74 Å². The van der Waals surface area contributed by atoms with Crippen LogP contribution in [0.25, 0.3) is 0 Å². The second-order valence-corrected chi connectivity index (χ2v) is 4.70. The highest BCUT2D eigenvalue weighted by molar-refractivity contribution is 9.10. The summed E-state index contributed by atoms with van der Waals surface area (Å²) >= 11 is 8.95. The summed E-state index contributed by atoms with van der Waals surface area (Å²) in [5.74, 6) is 0.986. The molecule has 0 unspecified atom stereocenters. The van der Waals surface area contributed by atoms with Gasteiger partial charge in [0.05, 0.1) is 5.02 Å². The minimum atomic E-state index is -0.484. The van der Waals surface area contributed by atoms with Gasteiger partial charge < -0.3 is 4.74 Å². The quantitative estimate of drug-likeness (QED) is 0.783. The van der Waals surface area contributed by atoms with Crippen LogP contribution in [0.1, 0.15) is 12.7 Å². The van der Waals surface area contributed by atoms with Crippen LogP contribution in [0.3, 0.4) is 0 Å². The van der Waals surface area contributed by atoms with Crippen LogP contribution in [-0.4, -0.2) is 9.97 Å². The molecular weight excluding hydrogens is 322 g/mol. The number of aromatic nitrogens is 2. The van der Waals surface area contributed by atoms with Gasteiger partial charge in [0, 0.05) is 18.6 Å². The Morgan fingerprint density at radius 2 is 2.11 bits per heavy atom. The Hall–Kier alpha value is -1.20. The third kappa shape index (κ3) is 3.17. The van der Waals surface area contributed by atoms with E-state index >= 15 is 0 Å². The number of nitrogens with zero attached hydrogens (tertiary/aromatic N) is 2. The first-order valence-corrected chi connectivity index (χ1v) is 6.42. The van der Waals surface area contributed by atoms with Crippen LogP contribution in [0.2, 0.25) is 5.02 Å². The van der Waals surface area contributed by atoms with Crippen LogP contribution in [0.4, 0.5) is 4.39 Å². The van der Waals surface area contributed by atoms with E-state index in [1.165, 1.54) is 18.2 Å². The first-order chi connectivity index (χ1) is 8.58. The zero-order valence-corrected chi connectivity index (χ0v) is 11.8. The first-order valence-electron chi connectivity index (χ1n) is 5.25. The molecule has 0 spiro atoms. The molecule has 0 fully saturated rings. The van der Waals surface area contributed by atoms with Gasteiger partial charge in [-0.25, -0.2) is 9.37 Å². The van der Waals surface area contributed by atoms with Gasteiger partial charge in [-0.3, -0.25) is 0 Å². The monoisotopic (exact) mass is 330 g/mol. The first kappa shape index (κ1) is 13.2. The van der Waals surface area contributed by atoms with Crippen molar-refractivity contribution < 1.29 is 9.13 Å². The van der Waals surface area contributed by atoms with Crippen LogP contribution in [0.5, 0.6) is 11.6 Å². The van der Waals surface area contributed by atoms with Crippen molar-refractivity contribution in [3.8, 4) is 11.6 Å². The second kappa shape index (κ2) is 5.63. The standard InChI is InChI=1S/C12H9BrClFN2O/c1-2-11-16-10(13)6-12(17-11)18-7-3-4-9(15)8(14)5-7/h3-6H,2H2,1H3. The number of hydrogen-bond acceptors (Lipinski definition) is 3. The molecule has 1 aromatic heterocycles. The number of benzene rings is 1. The van der Waals surface area contributed by atoms with Crippen molar-refractivity contribution in [3.05, 3.63) is 45.5 Å². The topological polar surface area (TPSA) is 35.0 Å². The van der Waals surface area contributed by atoms with E-state index in [1.807, 2.05) is 6.92 Å². The molecule has 2 aromatic rings. The summed E-state index contributed by atoms with van der Waals surface area (Å²) in [6.07, 6.45) is 0.694. The molecule has 1 heterocycles. The van der Waals surface area contributed by atoms with Gasteiger partial charge in [0.25, 0.3) is 0 Å². The van der Waals surface area contributed by atoms with Crippen LogP contribution in [0.15, 0.2) is 28.9 Å². The summed E-state index contributed by atoms with van der Waals surface area (Å²) in [4.78, 5) is 8.36. The molecule has 0 atom stereocenters. The third-order valence-corrected chi connectivity index (χ3v) is 2.84. The van der Waals surface area contributed by atoms with Crippen molar-refractivity contribution in [1.29, 1.82) is 0 Å². The van der Waals surface area contributed by atoms with E-state index in [-0.39, 0.29) is 5.02 Å². The molecule has 94 valence electrons. The van der Waals surface area contributed by atoms with Gasteiger partial charge in [0.1, 0.15) is 22.0 Å². The van der Waals surface area contributed by atoms with Gasteiger partial charge in [-0.05, 0) is 28.1 Å². The maximum atomic E-state index is 13.0. The molecule has 0 aliphatic rings. The summed E-state index contributed by atoms with van der Waals surface area (Å²) in [7, 11) is 0. The Balaban J connectivity index is 2.27. The SMILES string of the molecule is CCc1nc(Br)cc(Oc2ccc(F)c(Cl)c2)n1. The van der Waals surface area contributed by atoms with Crippen LogP contribution >= 0.6 is 27.5 Å². The number of halogens is 3. The lowest BCUT2D eigenvalue weighted by Gasteiger charge is -2.07. The van der Waals surface area contributed by atoms with Gasteiger partial charge in [0.2, 0.25) is 5.88 Å². The fourth-order valence-electron chi connectivity index (χ4n) is 1.31. The van der Waals surface area contributed by atoms with E-state index in [9.17, 15) is 4.39 Å².